The van der Waals surface area contributed by atoms with Crippen LogP contribution < -0.4 is 19.5 Å². The molecule has 0 amide bonds. The summed E-state index contributed by atoms with van der Waals surface area (Å²) < 4.78 is 19.1. The highest BCUT2D eigenvalue weighted by atomic mass is 35.5. The summed E-state index contributed by atoms with van der Waals surface area (Å²) in [7, 11) is 0. The summed E-state index contributed by atoms with van der Waals surface area (Å²) in [5.41, 5.74) is 9.24. The number of aromatic nitrogens is 2. The number of halogens is 1. The van der Waals surface area contributed by atoms with Crippen LogP contribution in [0.1, 0.15) is 71.6 Å². The van der Waals surface area contributed by atoms with Gasteiger partial charge in [-0.05, 0) is 130 Å². The third kappa shape index (κ3) is 10.4. The van der Waals surface area contributed by atoms with E-state index in [9.17, 15) is 5.26 Å². The lowest BCUT2D eigenvalue weighted by Gasteiger charge is -2.33. The molecule has 6 rings (SSSR count). The van der Waals surface area contributed by atoms with Crippen LogP contribution in [0.5, 0.6) is 17.2 Å². The van der Waals surface area contributed by atoms with Gasteiger partial charge in [-0.1, -0.05) is 48.4 Å². The maximum absolute atomic E-state index is 9.36. The predicted octanol–water partition coefficient (Wildman–Crippen LogP) is 9.42. The van der Waals surface area contributed by atoms with Gasteiger partial charge in [-0.2, -0.15) is 5.26 Å². The van der Waals surface area contributed by atoms with Gasteiger partial charge < -0.3 is 19.5 Å². The molecular formula is C45H50ClN5O3. The van der Waals surface area contributed by atoms with Gasteiger partial charge in [-0.15, -0.1) is 0 Å². The van der Waals surface area contributed by atoms with E-state index in [1.54, 1.807) is 18.5 Å². The molecule has 3 heterocycles. The van der Waals surface area contributed by atoms with Crippen LogP contribution in [0.25, 0.3) is 11.1 Å². The summed E-state index contributed by atoms with van der Waals surface area (Å²) >= 11 is 6.92. The third-order valence-corrected chi connectivity index (χ3v) is 10.5. The molecule has 0 bridgehead atoms. The van der Waals surface area contributed by atoms with Crippen LogP contribution in [-0.2, 0) is 26.2 Å². The molecule has 280 valence electrons. The van der Waals surface area contributed by atoms with E-state index in [4.69, 9.17) is 25.8 Å². The van der Waals surface area contributed by atoms with Gasteiger partial charge in [-0.25, -0.2) is 0 Å². The molecule has 3 aromatic carbocycles. The number of nitriles is 1. The van der Waals surface area contributed by atoms with Crippen LogP contribution >= 0.6 is 11.6 Å². The second-order valence-electron chi connectivity index (χ2n) is 14.1. The van der Waals surface area contributed by atoms with E-state index in [2.05, 4.69) is 89.5 Å². The average Bonchev–Trinajstić information content (AvgIpc) is 3.19. The van der Waals surface area contributed by atoms with E-state index >= 15 is 0 Å². The first kappa shape index (κ1) is 38.8. The van der Waals surface area contributed by atoms with Gasteiger partial charge in [0.05, 0.1) is 17.2 Å². The van der Waals surface area contributed by atoms with Gasteiger partial charge >= 0.3 is 0 Å². The number of nitrogens with zero attached hydrogens (tertiary/aromatic N) is 4. The van der Waals surface area contributed by atoms with Crippen molar-refractivity contribution in [2.24, 2.45) is 0 Å². The Hall–Kier alpha value is -4.94. The minimum absolute atomic E-state index is 0.277. The lowest BCUT2D eigenvalue weighted by atomic mass is 9.93. The van der Waals surface area contributed by atoms with E-state index in [1.807, 2.05) is 30.6 Å². The summed E-state index contributed by atoms with van der Waals surface area (Å²) in [4.78, 5) is 10.8. The van der Waals surface area contributed by atoms with E-state index in [-0.39, 0.29) is 6.61 Å². The number of piperidine rings is 1. The first-order valence-electron chi connectivity index (χ1n) is 19.0. The molecule has 1 aliphatic heterocycles. The Morgan fingerprint density at radius 1 is 0.815 bits per heavy atom. The summed E-state index contributed by atoms with van der Waals surface area (Å²) in [6, 6.07) is 25.0. The smallest absolute Gasteiger partial charge is 0.142 e. The van der Waals surface area contributed by atoms with Crippen molar-refractivity contribution in [3.05, 3.63) is 135 Å². The van der Waals surface area contributed by atoms with Crippen molar-refractivity contribution in [1.82, 2.24) is 20.2 Å². The zero-order valence-corrected chi connectivity index (χ0v) is 32.4. The maximum Gasteiger partial charge on any atom is 0.142 e. The summed E-state index contributed by atoms with van der Waals surface area (Å²) in [5.74, 6) is 2.18. The molecule has 8 nitrogen and oxygen atoms in total. The largest absolute Gasteiger partial charge is 0.493 e. The normalized spacial score (nSPS) is 14.4. The molecule has 1 fully saturated rings. The molecule has 0 saturated carbocycles. The molecule has 1 saturated heterocycles. The fourth-order valence-corrected chi connectivity index (χ4v) is 7.22. The number of hydrogen-bond donors (Lipinski definition) is 1. The topological polar surface area (TPSA) is 92.5 Å². The third-order valence-electron chi connectivity index (χ3n) is 10.2. The Kier molecular flexibility index (Phi) is 13.9. The molecule has 1 atom stereocenters. The van der Waals surface area contributed by atoms with Gasteiger partial charge in [0.15, 0.2) is 0 Å². The second kappa shape index (κ2) is 19.4. The van der Waals surface area contributed by atoms with Crippen molar-refractivity contribution in [2.45, 2.75) is 78.7 Å². The van der Waals surface area contributed by atoms with E-state index in [0.717, 1.165) is 83.7 Å². The molecule has 0 unspecified atom stereocenters. The molecular weight excluding hydrogens is 694 g/mol. The van der Waals surface area contributed by atoms with E-state index in [1.165, 1.54) is 24.8 Å². The van der Waals surface area contributed by atoms with Crippen LogP contribution in [0.4, 0.5) is 0 Å². The van der Waals surface area contributed by atoms with Crippen molar-refractivity contribution in [3.63, 3.8) is 0 Å². The fourth-order valence-electron chi connectivity index (χ4n) is 6.98. The van der Waals surface area contributed by atoms with E-state index < -0.39 is 0 Å². The van der Waals surface area contributed by atoms with Crippen molar-refractivity contribution in [2.75, 3.05) is 26.2 Å². The summed E-state index contributed by atoms with van der Waals surface area (Å²) in [5, 5.41) is 13.4. The van der Waals surface area contributed by atoms with Crippen molar-refractivity contribution in [3.8, 4) is 34.4 Å². The predicted molar refractivity (Wildman–Crippen MR) is 215 cm³/mol. The highest BCUT2D eigenvalue weighted by Crippen LogP contribution is 2.37. The maximum atomic E-state index is 9.36. The number of benzene rings is 3. The molecule has 54 heavy (non-hydrogen) atoms. The highest BCUT2D eigenvalue weighted by molar-refractivity contribution is 6.32. The molecule has 0 radical (unpaired) electrons. The van der Waals surface area contributed by atoms with Gasteiger partial charge in [0.25, 0.3) is 0 Å². The van der Waals surface area contributed by atoms with Gasteiger partial charge in [0.1, 0.15) is 36.5 Å². The number of rotatable bonds is 17. The number of pyridine rings is 2. The van der Waals surface area contributed by atoms with Crippen molar-refractivity contribution in [1.29, 1.82) is 5.26 Å². The Morgan fingerprint density at radius 2 is 1.61 bits per heavy atom. The van der Waals surface area contributed by atoms with Crippen LogP contribution in [0.3, 0.4) is 0 Å². The van der Waals surface area contributed by atoms with Crippen molar-refractivity contribution >= 4 is 11.6 Å². The molecule has 0 spiro atoms. The fraction of sp³-hybridized carbons (Fsp3) is 0.356. The van der Waals surface area contributed by atoms with Gasteiger partial charge in [-0.3, -0.25) is 14.9 Å². The van der Waals surface area contributed by atoms with Crippen LogP contribution in [0.2, 0.25) is 5.02 Å². The zero-order chi connectivity index (χ0) is 37.7. The Bertz CT molecular complexity index is 2030. The highest BCUT2D eigenvalue weighted by Gasteiger charge is 2.22. The molecule has 1 aliphatic rings. The van der Waals surface area contributed by atoms with Gasteiger partial charge in [0, 0.05) is 54.6 Å². The lowest BCUT2D eigenvalue weighted by Crippen LogP contribution is -2.36. The summed E-state index contributed by atoms with van der Waals surface area (Å²) in [6.45, 7) is 11.4. The lowest BCUT2D eigenvalue weighted by molar-refractivity contribution is 0.150. The number of hydrogen-bond acceptors (Lipinski definition) is 8. The monoisotopic (exact) mass is 743 g/mol. The van der Waals surface area contributed by atoms with Crippen LogP contribution in [-0.4, -0.2) is 47.2 Å². The average molecular weight is 744 g/mol. The Balaban J connectivity index is 1.11. The minimum Gasteiger partial charge on any atom is -0.493 e. The quantitative estimate of drug-likeness (QED) is 0.0943. The van der Waals surface area contributed by atoms with E-state index in [0.29, 0.717) is 41.3 Å². The molecule has 5 aromatic rings. The summed E-state index contributed by atoms with van der Waals surface area (Å²) in [6.07, 6.45) is 12.5. The number of likely N-dealkylation sites (tertiary alicyclic amines) is 1. The minimum atomic E-state index is 0.277. The Labute approximate surface area is 325 Å². The first-order chi connectivity index (χ1) is 26.4. The molecule has 9 heteroatoms. The number of ether oxygens (including phenoxy) is 3. The number of nitrogens with one attached hydrogen (secondary N) is 1. The Morgan fingerprint density at radius 3 is 2.43 bits per heavy atom. The van der Waals surface area contributed by atoms with Crippen molar-refractivity contribution < 1.29 is 14.2 Å². The SMILES string of the molecule is Cc1c(COc2cc(OCc3cncc(C#N)c3)c(CN3CCCC[C@H]3C)cc2Cl)cccc1-c1cccc(OCCCNCCc2ccncc2)c1C. The standard InChI is InChI=1S/C45H50ClN5O3/c1-32-9-4-5-21-51(32)29-39-24-42(46)45(25-44(39)53-30-37-23-36(26-47)27-50-28-37)54-31-38-10-6-11-40(33(38)2)41-12-7-13-43(34(41)3)52-22-8-17-48-18-14-35-15-19-49-20-16-35/h6-7,10-13,15-16,19-20,23-25,27-28,32,48H,4-5,8-9,14,17-18,21-22,29-31H2,1-3H3/t32-/m1/s1. The van der Waals surface area contributed by atoms with Gasteiger partial charge in [0.2, 0.25) is 0 Å². The van der Waals surface area contributed by atoms with Crippen LogP contribution in [0, 0.1) is 25.2 Å². The van der Waals surface area contributed by atoms with Crippen LogP contribution in [0.15, 0.2) is 91.5 Å². The first-order valence-corrected chi connectivity index (χ1v) is 19.3. The second-order valence-corrected chi connectivity index (χ2v) is 14.5. The molecule has 2 aromatic heterocycles. The molecule has 0 aliphatic carbocycles. The molecule has 1 N–H and O–H groups in total. The zero-order valence-electron chi connectivity index (χ0n) is 31.6.